The number of carbonyl (C=O) groups excluding carboxylic acids is 2. The van der Waals surface area contributed by atoms with Gasteiger partial charge in [0.05, 0.1) is 17.7 Å². The van der Waals surface area contributed by atoms with E-state index in [9.17, 15) is 14.0 Å². The molecule has 0 spiro atoms. The van der Waals surface area contributed by atoms with Crippen molar-refractivity contribution in [2.75, 3.05) is 6.61 Å². The molecule has 1 aliphatic heterocycles. The van der Waals surface area contributed by atoms with Crippen LogP contribution in [0, 0.1) is 0 Å². The maximum atomic E-state index is 13.9. The molecule has 1 aliphatic rings. The van der Waals surface area contributed by atoms with Gasteiger partial charge in [0, 0.05) is 0 Å². The largest absolute Gasteiger partial charge is 0.453 e. The molecular formula is C19H16BrFO5. The fraction of sp³-hybridized carbons (Fsp3) is 0.263. The molecule has 3 rings (SSSR count). The number of benzene rings is 2. The summed E-state index contributed by atoms with van der Waals surface area (Å²) in [5, 5.41) is 0. The van der Waals surface area contributed by atoms with Crippen LogP contribution in [-0.2, 0) is 14.2 Å². The highest BCUT2D eigenvalue weighted by atomic mass is 79.9. The smallest absolute Gasteiger partial charge is 0.338 e. The molecule has 2 aromatic rings. The minimum absolute atomic E-state index is 0.214. The summed E-state index contributed by atoms with van der Waals surface area (Å²) in [6.07, 6.45) is -3.65. The molecule has 0 unspecified atom stereocenters. The minimum Gasteiger partial charge on any atom is -0.453 e. The summed E-state index contributed by atoms with van der Waals surface area (Å²) in [5.74, 6) is -1.23. The zero-order valence-corrected chi connectivity index (χ0v) is 15.2. The molecule has 0 N–H and O–H groups in total. The molecule has 26 heavy (non-hydrogen) atoms. The van der Waals surface area contributed by atoms with E-state index in [4.69, 9.17) is 14.2 Å². The van der Waals surface area contributed by atoms with E-state index in [0.29, 0.717) is 11.1 Å². The number of hydrogen-bond donors (Lipinski definition) is 0. The Morgan fingerprint density at radius 1 is 0.923 bits per heavy atom. The molecular weight excluding hydrogens is 407 g/mol. The molecule has 5 nitrogen and oxygen atoms in total. The van der Waals surface area contributed by atoms with Gasteiger partial charge < -0.3 is 14.2 Å². The Morgan fingerprint density at radius 3 is 1.96 bits per heavy atom. The van der Waals surface area contributed by atoms with Gasteiger partial charge in [-0.2, -0.15) is 0 Å². The van der Waals surface area contributed by atoms with Gasteiger partial charge in [0.15, 0.2) is 12.2 Å². The molecule has 0 saturated carbocycles. The van der Waals surface area contributed by atoms with E-state index in [0.717, 1.165) is 0 Å². The SMILES string of the molecule is O=C(O[C@@H]1[C@@H](Br)[C@@H](F)OC[C@H]1OC(=O)c1ccccc1)c1ccccc1. The first-order valence-electron chi connectivity index (χ1n) is 7.98. The average Bonchev–Trinajstić information content (AvgIpc) is 2.68. The van der Waals surface area contributed by atoms with E-state index in [1.807, 2.05) is 0 Å². The van der Waals surface area contributed by atoms with Crippen LogP contribution in [0.1, 0.15) is 20.7 Å². The molecule has 1 heterocycles. The Kier molecular flexibility index (Phi) is 6.00. The molecule has 0 radical (unpaired) electrons. The zero-order valence-electron chi connectivity index (χ0n) is 13.6. The lowest BCUT2D eigenvalue weighted by molar-refractivity contribution is -0.159. The van der Waals surface area contributed by atoms with Gasteiger partial charge in [-0.05, 0) is 24.3 Å². The van der Waals surface area contributed by atoms with Crippen molar-refractivity contribution in [1.82, 2.24) is 0 Å². The Balaban J connectivity index is 1.74. The van der Waals surface area contributed by atoms with Gasteiger partial charge in [0.2, 0.25) is 6.36 Å². The number of alkyl halides is 2. The van der Waals surface area contributed by atoms with Crippen molar-refractivity contribution in [2.24, 2.45) is 0 Å². The van der Waals surface area contributed by atoms with Crippen molar-refractivity contribution in [2.45, 2.75) is 23.4 Å². The predicted octanol–water partition coefficient (Wildman–Crippen LogP) is 3.53. The lowest BCUT2D eigenvalue weighted by Gasteiger charge is -2.36. The number of ether oxygens (including phenoxy) is 3. The molecule has 1 saturated heterocycles. The normalized spacial score (nSPS) is 25.3. The van der Waals surface area contributed by atoms with E-state index < -0.39 is 35.3 Å². The quantitative estimate of drug-likeness (QED) is 0.557. The first-order valence-corrected chi connectivity index (χ1v) is 8.89. The zero-order chi connectivity index (χ0) is 18.5. The van der Waals surface area contributed by atoms with E-state index in [1.54, 1.807) is 60.7 Å². The van der Waals surface area contributed by atoms with Crippen LogP contribution in [0.2, 0.25) is 0 Å². The standard InChI is InChI=1S/C19H16BrFO5/c20-15-16(26-19(23)13-9-5-2-6-10-13)14(11-24-17(15)21)25-18(22)12-7-3-1-4-8-12/h1-10,14-17H,11H2/t14-,15-,16+,17+/m1/s1. The fourth-order valence-corrected chi connectivity index (χ4v) is 3.12. The van der Waals surface area contributed by atoms with Crippen molar-refractivity contribution < 1.29 is 28.2 Å². The average molecular weight is 423 g/mol. The summed E-state index contributed by atoms with van der Waals surface area (Å²) in [7, 11) is 0. The lowest BCUT2D eigenvalue weighted by atomic mass is 10.1. The summed E-state index contributed by atoms with van der Waals surface area (Å²) < 4.78 is 29.7. The highest BCUT2D eigenvalue weighted by molar-refractivity contribution is 9.09. The van der Waals surface area contributed by atoms with Crippen LogP contribution in [-0.4, -0.2) is 41.9 Å². The Labute approximate surface area is 158 Å². The molecule has 0 bridgehead atoms. The lowest BCUT2D eigenvalue weighted by Crippen LogP contribution is -2.52. The summed E-state index contributed by atoms with van der Waals surface area (Å²) in [5.41, 5.74) is 0.663. The van der Waals surface area contributed by atoms with Gasteiger partial charge >= 0.3 is 11.9 Å². The van der Waals surface area contributed by atoms with E-state index >= 15 is 0 Å². The minimum atomic E-state index is -1.68. The number of halogens is 2. The van der Waals surface area contributed by atoms with Gasteiger partial charge in [-0.15, -0.1) is 0 Å². The maximum Gasteiger partial charge on any atom is 0.338 e. The van der Waals surface area contributed by atoms with Gasteiger partial charge in [0.25, 0.3) is 0 Å². The summed E-state index contributed by atoms with van der Waals surface area (Å²) in [6, 6.07) is 16.7. The molecule has 4 atom stereocenters. The summed E-state index contributed by atoms with van der Waals surface area (Å²) >= 11 is 3.14. The van der Waals surface area contributed by atoms with Crippen molar-refractivity contribution in [1.29, 1.82) is 0 Å². The number of hydrogen-bond acceptors (Lipinski definition) is 5. The second-order valence-corrected chi connectivity index (χ2v) is 6.73. The van der Waals surface area contributed by atoms with Gasteiger partial charge in [-0.3, -0.25) is 0 Å². The first-order chi connectivity index (χ1) is 12.6. The molecule has 0 aliphatic carbocycles. The van der Waals surface area contributed by atoms with Crippen molar-refractivity contribution in [3.05, 3.63) is 71.8 Å². The Bertz CT molecular complexity index is 755. The summed E-state index contributed by atoms with van der Waals surface area (Å²) in [4.78, 5) is 23.6. The van der Waals surface area contributed by atoms with E-state index in [1.165, 1.54) is 0 Å². The van der Waals surface area contributed by atoms with Crippen LogP contribution in [0.5, 0.6) is 0 Å². The molecule has 0 aromatic heterocycles. The third-order valence-corrected chi connectivity index (χ3v) is 4.81. The highest BCUT2D eigenvalue weighted by Crippen LogP contribution is 2.28. The van der Waals surface area contributed by atoms with Crippen LogP contribution in [0.15, 0.2) is 60.7 Å². The maximum absolute atomic E-state index is 13.9. The number of carbonyl (C=O) groups is 2. The van der Waals surface area contributed by atoms with Crippen LogP contribution < -0.4 is 0 Å². The third kappa shape index (κ3) is 4.28. The second kappa shape index (κ2) is 8.42. The van der Waals surface area contributed by atoms with Gasteiger partial charge in [0.1, 0.15) is 4.83 Å². The molecule has 1 fully saturated rings. The topological polar surface area (TPSA) is 61.8 Å². The third-order valence-electron chi connectivity index (χ3n) is 3.87. The second-order valence-electron chi connectivity index (χ2n) is 5.67. The molecule has 136 valence electrons. The molecule has 7 heteroatoms. The van der Waals surface area contributed by atoms with Gasteiger partial charge in [-0.1, -0.05) is 52.3 Å². The van der Waals surface area contributed by atoms with Crippen LogP contribution in [0.25, 0.3) is 0 Å². The van der Waals surface area contributed by atoms with Crippen LogP contribution in [0.4, 0.5) is 4.39 Å². The Morgan fingerprint density at radius 2 is 1.42 bits per heavy atom. The van der Waals surface area contributed by atoms with Crippen molar-refractivity contribution in [3.63, 3.8) is 0 Å². The van der Waals surface area contributed by atoms with Gasteiger partial charge in [-0.25, -0.2) is 14.0 Å². The monoisotopic (exact) mass is 422 g/mol. The predicted molar refractivity (Wildman–Crippen MR) is 94.9 cm³/mol. The number of esters is 2. The molecule has 2 aromatic carbocycles. The van der Waals surface area contributed by atoms with Crippen LogP contribution in [0.3, 0.4) is 0 Å². The highest BCUT2D eigenvalue weighted by Gasteiger charge is 2.44. The van der Waals surface area contributed by atoms with E-state index in [-0.39, 0.29) is 6.61 Å². The summed E-state index contributed by atoms with van der Waals surface area (Å²) in [6.45, 7) is -0.214. The molecule has 0 amide bonds. The van der Waals surface area contributed by atoms with Crippen LogP contribution >= 0.6 is 15.9 Å². The first kappa shape index (κ1) is 18.5. The Hall–Kier alpha value is -2.25. The van der Waals surface area contributed by atoms with Crippen molar-refractivity contribution >= 4 is 27.9 Å². The fourth-order valence-electron chi connectivity index (χ4n) is 2.52. The number of rotatable bonds is 4. The van der Waals surface area contributed by atoms with Crippen molar-refractivity contribution in [3.8, 4) is 0 Å². The van der Waals surface area contributed by atoms with E-state index in [2.05, 4.69) is 15.9 Å².